The van der Waals surface area contributed by atoms with Crippen LogP contribution in [0.5, 0.6) is 0 Å². The highest BCUT2D eigenvalue weighted by atomic mass is 19.4. The van der Waals surface area contributed by atoms with Crippen molar-refractivity contribution in [3.8, 4) is 0 Å². The third kappa shape index (κ3) is 4.98. The van der Waals surface area contributed by atoms with Gasteiger partial charge < -0.3 is 10.1 Å². The molecule has 1 N–H and O–H groups in total. The topological polar surface area (TPSA) is 21.3 Å². The molecule has 0 fully saturated rings. The molecular formula is C22H21F6NO. The van der Waals surface area contributed by atoms with Crippen LogP contribution in [0.2, 0.25) is 0 Å². The van der Waals surface area contributed by atoms with Gasteiger partial charge in [0.15, 0.2) is 0 Å². The van der Waals surface area contributed by atoms with Crippen LogP contribution in [0.15, 0.2) is 60.8 Å². The van der Waals surface area contributed by atoms with E-state index in [1.54, 1.807) is 6.20 Å². The van der Waals surface area contributed by atoms with Crippen molar-refractivity contribution < 1.29 is 31.1 Å². The van der Waals surface area contributed by atoms with E-state index in [2.05, 4.69) is 5.32 Å². The number of allylic oxidation sites excluding steroid dienone is 1. The first kappa shape index (κ1) is 22.2. The molecule has 2 nitrogen and oxygen atoms in total. The van der Waals surface area contributed by atoms with Crippen LogP contribution in [0.4, 0.5) is 26.3 Å². The Kier molecular flexibility index (Phi) is 6.17. The van der Waals surface area contributed by atoms with Gasteiger partial charge >= 0.3 is 12.4 Å². The summed E-state index contributed by atoms with van der Waals surface area (Å²) in [5, 5.41) is 3.26. The number of alkyl halides is 6. The highest BCUT2D eigenvalue weighted by Crippen LogP contribution is 2.38. The van der Waals surface area contributed by atoms with Crippen molar-refractivity contribution >= 4 is 0 Å². The normalized spacial score (nSPS) is 20.6. The first-order valence-electron chi connectivity index (χ1n) is 9.40. The van der Waals surface area contributed by atoms with Crippen LogP contribution in [-0.2, 0) is 22.6 Å². The summed E-state index contributed by atoms with van der Waals surface area (Å²) < 4.78 is 84.6. The summed E-state index contributed by atoms with van der Waals surface area (Å²) in [7, 11) is 0. The zero-order valence-electron chi connectivity index (χ0n) is 16.1. The molecule has 0 radical (unpaired) electrons. The lowest BCUT2D eigenvalue weighted by molar-refractivity contribution is -0.143. The summed E-state index contributed by atoms with van der Waals surface area (Å²) in [6.45, 7) is 1.53. The van der Waals surface area contributed by atoms with Crippen molar-refractivity contribution in [2.45, 2.75) is 43.8 Å². The molecule has 30 heavy (non-hydrogen) atoms. The van der Waals surface area contributed by atoms with E-state index in [9.17, 15) is 26.3 Å². The maximum atomic E-state index is 13.1. The highest BCUT2D eigenvalue weighted by molar-refractivity contribution is 5.35. The fourth-order valence-electron chi connectivity index (χ4n) is 3.46. The number of ether oxygens (including phenoxy) is 1. The van der Waals surface area contributed by atoms with Crippen molar-refractivity contribution in [2.24, 2.45) is 0 Å². The summed E-state index contributed by atoms with van der Waals surface area (Å²) >= 11 is 0. The Labute approximate surface area is 170 Å². The SMILES string of the molecule is C[C@@H](OC[C@@]1(c2ccccc2)CCC=CN1)c1cc(C(F)(F)F)cc(C(F)(F)F)c1. The van der Waals surface area contributed by atoms with E-state index in [0.717, 1.165) is 12.0 Å². The Balaban J connectivity index is 1.88. The summed E-state index contributed by atoms with van der Waals surface area (Å²) in [6.07, 6.45) is -5.57. The Hall–Kier alpha value is -2.48. The maximum Gasteiger partial charge on any atom is 0.416 e. The zero-order chi connectivity index (χ0) is 22.0. The van der Waals surface area contributed by atoms with Crippen LogP contribution in [0.25, 0.3) is 0 Å². The van der Waals surface area contributed by atoms with Gasteiger partial charge in [0.25, 0.3) is 0 Å². The van der Waals surface area contributed by atoms with Crippen molar-refractivity contribution in [2.75, 3.05) is 6.61 Å². The van der Waals surface area contributed by atoms with Crippen LogP contribution in [-0.4, -0.2) is 6.61 Å². The average molecular weight is 429 g/mol. The van der Waals surface area contributed by atoms with Gasteiger partial charge in [-0.25, -0.2) is 0 Å². The molecule has 2 atom stereocenters. The molecule has 0 amide bonds. The summed E-state index contributed by atoms with van der Waals surface area (Å²) in [4.78, 5) is 0. The van der Waals surface area contributed by atoms with Crippen LogP contribution < -0.4 is 5.32 Å². The Morgan fingerprint density at radius 3 is 2.07 bits per heavy atom. The molecule has 0 aromatic heterocycles. The second-order valence-electron chi connectivity index (χ2n) is 7.33. The van der Waals surface area contributed by atoms with E-state index >= 15 is 0 Å². The molecule has 8 heteroatoms. The smallest absolute Gasteiger partial charge is 0.380 e. The lowest BCUT2D eigenvalue weighted by Gasteiger charge is -2.37. The Bertz CT molecular complexity index is 858. The highest BCUT2D eigenvalue weighted by Gasteiger charge is 2.38. The summed E-state index contributed by atoms with van der Waals surface area (Å²) in [5.74, 6) is 0. The fraction of sp³-hybridized carbons (Fsp3) is 0.364. The van der Waals surface area contributed by atoms with Gasteiger partial charge in [-0.2, -0.15) is 26.3 Å². The van der Waals surface area contributed by atoms with Gasteiger partial charge in [-0.05, 0) is 55.3 Å². The number of benzene rings is 2. The van der Waals surface area contributed by atoms with Gasteiger partial charge in [-0.1, -0.05) is 36.4 Å². The standard InChI is InChI=1S/C22H21F6NO/c1-15(16-11-18(21(23,24)25)13-19(12-16)22(26,27)28)30-14-20(9-5-6-10-29-20)17-7-3-2-4-8-17/h2-4,6-8,10-13,15,29H,5,9,14H2,1H3/t15-,20-/m1/s1. The van der Waals surface area contributed by atoms with Crippen LogP contribution in [0.1, 0.15) is 48.1 Å². The third-order valence-corrected chi connectivity index (χ3v) is 5.20. The minimum atomic E-state index is -4.89. The van der Waals surface area contributed by atoms with Gasteiger partial charge in [0.05, 0.1) is 29.4 Å². The molecule has 0 saturated carbocycles. The van der Waals surface area contributed by atoms with Gasteiger partial charge in [-0.15, -0.1) is 0 Å². The Morgan fingerprint density at radius 2 is 1.57 bits per heavy atom. The second-order valence-corrected chi connectivity index (χ2v) is 7.33. The average Bonchev–Trinajstić information content (AvgIpc) is 2.72. The molecule has 0 spiro atoms. The quantitative estimate of drug-likeness (QED) is 0.541. The molecule has 1 aliphatic rings. The maximum absolute atomic E-state index is 13.1. The van der Waals surface area contributed by atoms with E-state index < -0.39 is 35.1 Å². The van der Waals surface area contributed by atoms with Gasteiger partial charge in [0, 0.05) is 0 Å². The molecule has 1 aliphatic heterocycles. The van der Waals surface area contributed by atoms with Crippen molar-refractivity contribution in [1.29, 1.82) is 0 Å². The number of hydrogen-bond donors (Lipinski definition) is 1. The van der Waals surface area contributed by atoms with Crippen molar-refractivity contribution in [1.82, 2.24) is 5.32 Å². The first-order chi connectivity index (χ1) is 14.0. The van der Waals surface area contributed by atoms with Gasteiger partial charge in [0.2, 0.25) is 0 Å². The first-order valence-corrected chi connectivity index (χ1v) is 9.40. The zero-order valence-corrected chi connectivity index (χ0v) is 16.1. The molecule has 0 bridgehead atoms. The molecule has 2 aromatic rings. The minimum Gasteiger partial charge on any atom is -0.380 e. The molecule has 162 valence electrons. The van der Waals surface area contributed by atoms with Gasteiger partial charge in [-0.3, -0.25) is 0 Å². The van der Waals surface area contributed by atoms with Crippen LogP contribution in [0, 0.1) is 0 Å². The monoisotopic (exact) mass is 429 g/mol. The van der Waals surface area contributed by atoms with E-state index in [4.69, 9.17) is 4.74 Å². The summed E-state index contributed by atoms with van der Waals surface area (Å²) in [5.41, 5.74) is -2.55. The summed E-state index contributed by atoms with van der Waals surface area (Å²) in [6, 6.07) is 11.0. The van der Waals surface area contributed by atoms with E-state index in [1.165, 1.54) is 6.92 Å². The molecule has 3 rings (SSSR count). The van der Waals surface area contributed by atoms with E-state index in [1.807, 2.05) is 36.4 Å². The van der Waals surface area contributed by atoms with Gasteiger partial charge in [0.1, 0.15) is 0 Å². The third-order valence-electron chi connectivity index (χ3n) is 5.20. The predicted octanol–water partition coefficient (Wildman–Crippen LogP) is 6.59. The van der Waals surface area contributed by atoms with E-state index in [0.29, 0.717) is 18.6 Å². The lowest BCUT2D eigenvalue weighted by Crippen LogP contribution is -2.45. The molecule has 0 aliphatic carbocycles. The number of hydrogen-bond acceptors (Lipinski definition) is 2. The number of rotatable bonds is 5. The number of nitrogens with one attached hydrogen (secondary N) is 1. The molecule has 0 unspecified atom stereocenters. The molecule has 2 aromatic carbocycles. The van der Waals surface area contributed by atoms with Crippen LogP contribution >= 0.6 is 0 Å². The minimum absolute atomic E-state index is 0.0834. The molecule has 0 saturated heterocycles. The largest absolute Gasteiger partial charge is 0.416 e. The molecule has 1 heterocycles. The van der Waals surface area contributed by atoms with Crippen molar-refractivity contribution in [3.05, 3.63) is 83.1 Å². The lowest BCUT2D eigenvalue weighted by atomic mass is 9.84. The van der Waals surface area contributed by atoms with Crippen LogP contribution in [0.3, 0.4) is 0 Å². The van der Waals surface area contributed by atoms with E-state index in [-0.39, 0.29) is 18.2 Å². The predicted molar refractivity (Wildman–Crippen MR) is 100 cm³/mol. The van der Waals surface area contributed by atoms with Crippen molar-refractivity contribution in [3.63, 3.8) is 0 Å². The Morgan fingerprint density at radius 1 is 0.967 bits per heavy atom. The second kappa shape index (κ2) is 8.34. The molecular weight excluding hydrogens is 408 g/mol. The fourth-order valence-corrected chi connectivity index (χ4v) is 3.46. The number of halogens is 6.